The number of hydrogen-bond donors (Lipinski definition) is 1. The molecule has 0 fully saturated rings. The fourth-order valence-corrected chi connectivity index (χ4v) is 3.72. The molecule has 0 aliphatic carbocycles. The summed E-state index contributed by atoms with van der Waals surface area (Å²) in [5, 5.41) is 0. The number of sulfonamides is 1. The summed E-state index contributed by atoms with van der Waals surface area (Å²) in [5.74, 6) is 0.705. The molecule has 3 rings (SSSR count). The zero-order chi connectivity index (χ0) is 17.9. The van der Waals surface area contributed by atoms with Crippen molar-refractivity contribution in [3.8, 4) is 5.75 Å². The highest BCUT2D eigenvalue weighted by atomic mass is 32.2. The standard InChI is InChI=1S/C19H19NO4S/c1-14-3-9-18(10-4-14)25(21,22)20-19(16-11-12-24-13-16)15-5-7-17(23-2)8-6-15/h3-13,19-20H,1-2H3/t19-/m1/s1. The van der Waals surface area contributed by atoms with Gasteiger partial charge in [0.05, 0.1) is 30.6 Å². The largest absolute Gasteiger partial charge is 0.497 e. The van der Waals surface area contributed by atoms with E-state index in [1.54, 1.807) is 49.6 Å². The summed E-state index contributed by atoms with van der Waals surface area (Å²) in [6, 6.07) is 15.2. The van der Waals surface area contributed by atoms with Crippen LogP contribution in [0.4, 0.5) is 0 Å². The van der Waals surface area contributed by atoms with Crippen molar-refractivity contribution in [3.05, 3.63) is 83.8 Å². The van der Waals surface area contributed by atoms with E-state index < -0.39 is 16.1 Å². The Morgan fingerprint density at radius 3 is 2.20 bits per heavy atom. The lowest BCUT2D eigenvalue weighted by Crippen LogP contribution is -2.29. The van der Waals surface area contributed by atoms with Crippen LogP contribution in [0.1, 0.15) is 22.7 Å². The molecule has 25 heavy (non-hydrogen) atoms. The number of furan rings is 1. The van der Waals surface area contributed by atoms with E-state index >= 15 is 0 Å². The van der Waals surface area contributed by atoms with Crippen molar-refractivity contribution in [1.29, 1.82) is 0 Å². The molecule has 1 heterocycles. The number of ether oxygens (including phenoxy) is 1. The zero-order valence-electron chi connectivity index (χ0n) is 14.0. The highest BCUT2D eigenvalue weighted by molar-refractivity contribution is 7.89. The summed E-state index contributed by atoms with van der Waals surface area (Å²) in [6.07, 6.45) is 3.05. The smallest absolute Gasteiger partial charge is 0.241 e. The molecular formula is C19H19NO4S. The minimum Gasteiger partial charge on any atom is -0.497 e. The Morgan fingerprint density at radius 1 is 0.960 bits per heavy atom. The van der Waals surface area contributed by atoms with Crippen LogP contribution in [0.5, 0.6) is 5.75 Å². The van der Waals surface area contributed by atoms with E-state index in [2.05, 4.69) is 4.72 Å². The number of aryl methyl sites for hydroxylation is 1. The maximum absolute atomic E-state index is 12.8. The molecule has 0 radical (unpaired) electrons. The fraction of sp³-hybridized carbons (Fsp3) is 0.158. The number of rotatable bonds is 6. The molecule has 1 atom stereocenters. The monoisotopic (exact) mass is 357 g/mol. The topological polar surface area (TPSA) is 68.5 Å². The molecule has 0 aliphatic rings. The quantitative estimate of drug-likeness (QED) is 0.731. The van der Waals surface area contributed by atoms with Crippen LogP contribution in [0, 0.1) is 6.92 Å². The van der Waals surface area contributed by atoms with Crippen LogP contribution in [-0.4, -0.2) is 15.5 Å². The molecule has 2 aromatic carbocycles. The molecule has 0 saturated carbocycles. The molecule has 0 bridgehead atoms. The second kappa shape index (κ2) is 7.13. The molecule has 0 amide bonds. The lowest BCUT2D eigenvalue weighted by atomic mass is 10.0. The van der Waals surface area contributed by atoms with E-state index in [0.717, 1.165) is 16.7 Å². The van der Waals surface area contributed by atoms with Gasteiger partial charge in [0.1, 0.15) is 5.75 Å². The first-order valence-electron chi connectivity index (χ1n) is 7.74. The molecule has 5 nitrogen and oxygen atoms in total. The van der Waals surface area contributed by atoms with E-state index in [1.165, 1.54) is 12.5 Å². The summed E-state index contributed by atoms with van der Waals surface area (Å²) in [7, 11) is -2.10. The molecule has 0 saturated heterocycles. The average molecular weight is 357 g/mol. The maximum Gasteiger partial charge on any atom is 0.241 e. The molecular weight excluding hydrogens is 338 g/mol. The van der Waals surface area contributed by atoms with E-state index in [4.69, 9.17) is 9.15 Å². The lowest BCUT2D eigenvalue weighted by Gasteiger charge is -2.18. The third-order valence-corrected chi connectivity index (χ3v) is 5.37. The van der Waals surface area contributed by atoms with Crippen LogP contribution in [-0.2, 0) is 10.0 Å². The third kappa shape index (κ3) is 3.92. The van der Waals surface area contributed by atoms with E-state index in [9.17, 15) is 8.42 Å². The van der Waals surface area contributed by atoms with Gasteiger partial charge in [-0.3, -0.25) is 0 Å². The van der Waals surface area contributed by atoms with Crippen molar-refractivity contribution in [2.24, 2.45) is 0 Å². The summed E-state index contributed by atoms with van der Waals surface area (Å²) in [4.78, 5) is 0.222. The maximum atomic E-state index is 12.8. The van der Waals surface area contributed by atoms with Gasteiger partial charge >= 0.3 is 0 Å². The van der Waals surface area contributed by atoms with Gasteiger partial charge in [0.2, 0.25) is 10.0 Å². The van der Waals surface area contributed by atoms with Gasteiger partial charge in [-0.2, -0.15) is 4.72 Å². The number of methoxy groups -OCH3 is 1. The van der Waals surface area contributed by atoms with Crippen LogP contribution >= 0.6 is 0 Å². The van der Waals surface area contributed by atoms with Crippen molar-refractivity contribution in [2.45, 2.75) is 17.9 Å². The van der Waals surface area contributed by atoms with E-state index in [-0.39, 0.29) is 4.90 Å². The molecule has 0 unspecified atom stereocenters. The molecule has 0 aliphatic heterocycles. The molecule has 3 aromatic rings. The molecule has 130 valence electrons. The Bertz CT molecular complexity index is 915. The predicted octanol–water partition coefficient (Wildman–Crippen LogP) is 3.66. The first-order chi connectivity index (χ1) is 12.0. The van der Waals surface area contributed by atoms with Gasteiger partial charge in [-0.25, -0.2) is 8.42 Å². The second-order valence-electron chi connectivity index (χ2n) is 5.70. The SMILES string of the molecule is COc1ccc([C@@H](NS(=O)(=O)c2ccc(C)cc2)c2ccoc2)cc1. The van der Waals surface area contributed by atoms with Crippen molar-refractivity contribution >= 4 is 10.0 Å². The van der Waals surface area contributed by atoms with Gasteiger partial charge in [0.25, 0.3) is 0 Å². The van der Waals surface area contributed by atoms with Crippen molar-refractivity contribution in [3.63, 3.8) is 0 Å². The summed E-state index contributed by atoms with van der Waals surface area (Å²) in [6.45, 7) is 1.91. The summed E-state index contributed by atoms with van der Waals surface area (Å²) in [5.41, 5.74) is 2.51. The second-order valence-corrected chi connectivity index (χ2v) is 7.41. The highest BCUT2D eigenvalue weighted by Gasteiger charge is 2.23. The Hall–Kier alpha value is -2.57. The first kappa shape index (κ1) is 17.3. The van der Waals surface area contributed by atoms with Crippen LogP contribution in [0.15, 0.2) is 76.4 Å². The first-order valence-corrected chi connectivity index (χ1v) is 9.23. The van der Waals surface area contributed by atoms with E-state index in [1.807, 2.05) is 19.1 Å². The van der Waals surface area contributed by atoms with Gasteiger partial charge in [-0.15, -0.1) is 0 Å². The summed E-state index contributed by atoms with van der Waals surface area (Å²) >= 11 is 0. The van der Waals surface area contributed by atoms with Crippen molar-refractivity contribution < 1.29 is 17.6 Å². The summed E-state index contributed by atoms with van der Waals surface area (Å²) < 4.78 is 38.6. The van der Waals surface area contributed by atoms with Crippen LogP contribution < -0.4 is 9.46 Å². The average Bonchev–Trinajstić information content (AvgIpc) is 3.15. The number of benzene rings is 2. The Balaban J connectivity index is 1.96. The fourth-order valence-electron chi connectivity index (χ4n) is 2.50. The Kier molecular flexibility index (Phi) is 4.92. The minimum absolute atomic E-state index is 0.222. The van der Waals surface area contributed by atoms with Gasteiger partial charge in [0.15, 0.2) is 0 Å². The molecule has 0 spiro atoms. The van der Waals surface area contributed by atoms with Gasteiger partial charge in [-0.05, 0) is 42.8 Å². The van der Waals surface area contributed by atoms with Crippen LogP contribution in [0.2, 0.25) is 0 Å². The van der Waals surface area contributed by atoms with Crippen LogP contribution in [0.25, 0.3) is 0 Å². The van der Waals surface area contributed by atoms with Crippen LogP contribution in [0.3, 0.4) is 0 Å². The Morgan fingerprint density at radius 2 is 1.64 bits per heavy atom. The number of nitrogens with one attached hydrogen (secondary N) is 1. The number of hydrogen-bond acceptors (Lipinski definition) is 4. The van der Waals surface area contributed by atoms with E-state index in [0.29, 0.717) is 5.75 Å². The van der Waals surface area contributed by atoms with Crippen molar-refractivity contribution in [2.75, 3.05) is 7.11 Å². The van der Waals surface area contributed by atoms with Gasteiger partial charge in [-0.1, -0.05) is 29.8 Å². The lowest BCUT2D eigenvalue weighted by molar-refractivity contribution is 0.414. The molecule has 1 N–H and O–H groups in total. The van der Waals surface area contributed by atoms with Gasteiger partial charge < -0.3 is 9.15 Å². The molecule has 6 heteroatoms. The zero-order valence-corrected chi connectivity index (χ0v) is 14.8. The highest BCUT2D eigenvalue weighted by Crippen LogP contribution is 2.26. The third-order valence-electron chi connectivity index (χ3n) is 3.93. The van der Waals surface area contributed by atoms with Gasteiger partial charge in [0, 0.05) is 5.56 Å². The molecule has 1 aromatic heterocycles. The Labute approximate surface area is 147 Å². The normalized spacial score (nSPS) is 12.7. The predicted molar refractivity (Wildman–Crippen MR) is 95.0 cm³/mol. The minimum atomic E-state index is -3.69. The van der Waals surface area contributed by atoms with Crippen molar-refractivity contribution in [1.82, 2.24) is 4.72 Å².